The van der Waals surface area contributed by atoms with Crippen molar-refractivity contribution < 1.29 is 14.0 Å². The van der Waals surface area contributed by atoms with E-state index in [2.05, 4.69) is 14.3 Å². The molecule has 0 bridgehead atoms. The van der Waals surface area contributed by atoms with Gasteiger partial charge in [0.15, 0.2) is 0 Å². The van der Waals surface area contributed by atoms with Crippen LogP contribution in [0.4, 0.5) is 0 Å². The smallest absolute Gasteiger partial charge is 0.359 e. The summed E-state index contributed by atoms with van der Waals surface area (Å²) in [4.78, 5) is 63.3. The quantitative estimate of drug-likeness (QED) is 0.343. The van der Waals surface area contributed by atoms with Crippen LogP contribution >= 0.6 is 0 Å². The van der Waals surface area contributed by atoms with Crippen molar-refractivity contribution in [2.24, 2.45) is 9.90 Å². The Labute approximate surface area is 131 Å². The van der Waals surface area contributed by atoms with Crippen molar-refractivity contribution in [3.8, 4) is 0 Å². The fourth-order valence-electron chi connectivity index (χ4n) is 1.73. The second-order valence-corrected chi connectivity index (χ2v) is 5.61. The lowest BCUT2D eigenvalue weighted by Crippen LogP contribution is -2.57. The predicted molar refractivity (Wildman–Crippen MR) is 80.0 cm³/mol. The van der Waals surface area contributed by atoms with Crippen LogP contribution in [0.2, 0.25) is 0 Å². The van der Waals surface area contributed by atoms with Crippen molar-refractivity contribution in [1.29, 1.82) is 0 Å². The monoisotopic (exact) mass is 318 g/mol. The third-order valence-electron chi connectivity index (χ3n) is 2.74. The Hall–Kier alpha value is -2.70. The predicted octanol–water partition coefficient (Wildman–Crippen LogP) is -1.85. The average molecular weight is 318 g/mol. The van der Waals surface area contributed by atoms with Gasteiger partial charge in [0.25, 0.3) is 7.41 Å². The van der Waals surface area contributed by atoms with Crippen molar-refractivity contribution in [3.63, 3.8) is 0 Å². The summed E-state index contributed by atoms with van der Waals surface area (Å²) in [6.07, 6.45) is 2.56. The number of nitrogens with zero attached hydrogens (tertiary/aromatic N) is 4. The van der Waals surface area contributed by atoms with E-state index in [0.717, 1.165) is 14.8 Å². The van der Waals surface area contributed by atoms with Crippen LogP contribution in [0, 0.1) is 0 Å². The number of rotatable bonds is 6. The van der Waals surface area contributed by atoms with Crippen molar-refractivity contribution in [2.45, 2.75) is 38.6 Å². The Bertz CT molecular complexity index is 868. The van der Waals surface area contributed by atoms with Gasteiger partial charge in [0.1, 0.15) is 0 Å². The summed E-state index contributed by atoms with van der Waals surface area (Å²) >= 11 is 0. The van der Waals surface area contributed by atoms with Gasteiger partial charge in [-0.3, -0.25) is 9.38 Å². The first-order valence-electron chi connectivity index (χ1n) is 6.31. The zero-order valence-corrected chi connectivity index (χ0v) is 12.9. The van der Waals surface area contributed by atoms with E-state index in [4.69, 9.17) is 0 Å². The Kier molecular flexibility index (Phi) is 5.26. The normalized spacial score (nSPS) is 11.1. The molecule has 0 fully saturated rings. The van der Waals surface area contributed by atoms with E-state index in [-0.39, 0.29) is 0 Å². The molecule has 1 rings (SSSR count). The molecule has 23 heavy (non-hydrogen) atoms. The van der Waals surface area contributed by atoms with Gasteiger partial charge >= 0.3 is 24.6 Å². The number of aromatic nitrogens is 2. The van der Waals surface area contributed by atoms with Crippen LogP contribution in [0.25, 0.3) is 0 Å². The highest BCUT2D eigenvalue weighted by Crippen LogP contribution is 2.08. The summed E-state index contributed by atoms with van der Waals surface area (Å²) < 4.78 is 5.59. The molecule has 10 nitrogen and oxygen atoms in total. The summed E-state index contributed by atoms with van der Waals surface area (Å²) in [7, 11) is 2.02. The number of hydrogen-bond acceptors (Lipinski definition) is 8. The molecule has 0 spiro atoms. The lowest BCUT2D eigenvalue weighted by atomic mass is 9.70. The highest BCUT2D eigenvalue weighted by molar-refractivity contribution is 6.38. The van der Waals surface area contributed by atoms with Gasteiger partial charge in [0.2, 0.25) is 12.2 Å². The largest absolute Gasteiger partial charge is 0.426 e. The van der Waals surface area contributed by atoms with Gasteiger partial charge in [0.05, 0.1) is 5.44 Å². The zero-order valence-electron chi connectivity index (χ0n) is 12.9. The lowest BCUT2D eigenvalue weighted by Gasteiger charge is -2.23. The van der Waals surface area contributed by atoms with Gasteiger partial charge in [-0.05, 0) is 27.7 Å². The summed E-state index contributed by atoms with van der Waals surface area (Å²) in [6, 6.07) is 0. The summed E-state index contributed by atoms with van der Waals surface area (Å²) in [5, 5.41) is 0. The van der Waals surface area contributed by atoms with Crippen molar-refractivity contribution in [2.75, 3.05) is 0 Å². The molecule has 0 aromatic carbocycles. The van der Waals surface area contributed by atoms with Crippen molar-refractivity contribution in [1.82, 2.24) is 9.05 Å². The molecule has 1 aromatic heterocycles. The van der Waals surface area contributed by atoms with Gasteiger partial charge in [-0.1, -0.05) is 0 Å². The molecular weight excluding hydrogens is 306 g/mol. The van der Waals surface area contributed by atoms with Crippen LogP contribution in [0.1, 0.15) is 27.7 Å². The van der Waals surface area contributed by atoms with E-state index in [1.807, 2.05) is 0 Å². The molecule has 0 saturated heterocycles. The van der Waals surface area contributed by atoms with E-state index < -0.39 is 28.1 Å². The van der Waals surface area contributed by atoms with Crippen LogP contribution in [-0.2, 0) is 15.0 Å². The second-order valence-electron chi connectivity index (χ2n) is 5.61. The maximum atomic E-state index is 12.4. The van der Waals surface area contributed by atoms with E-state index in [1.165, 1.54) is 39.9 Å². The molecule has 0 aliphatic heterocycles. The topological polar surface area (TPSA) is 133 Å². The van der Waals surface area contributed by atoms with E-state index >= 15 is 0 Å². The number of aliphatic imine (C=N–C) groups is 1. The van der Waals surface area contributed by atoms with E-state index in [9.17, 15) is 24.0 Å². The molecule has 12 heteroatoms. The molecule has 0 unspecified atom stereocenters. The first-order chi connectivity index (χ1) is 10.6. The molecule has 118 valence electrons. The Morgan fingerprint density at radius 3 is 2.17 bits per heavy atom. The molecule has 0 aliphatic rings. The second kappa shape index (κ2) is 6.60. The Morgan fingerprint density at radius 2 is 1.65 bits per heavy atom. The maximum Gasteiger partial charge on any atom is 0.426 e. The number of hydrogen-bond donors (Lipinski definition) is 0. The summed E-state index contributed by atoms with van der Waals surface area (Å²) in [6.45, 7) is 5.67. The highest BCUT2D eigenvalue weighted by atomic mass is 16.5. The molecule has 0 atom stereocenters. The molecule has 0 N–H and O–H groups in total. The van der Waals surface area contributed by atoms with E-state index in [0.29, 0.717) is 9.05 Å². The van der Waals surface area contributed by atoms with Crippen molar-refractivity contribution in [3.05, 3.63) is 31.6 Å². The molecule has 1 heterocycles. The molecule has 0 aliphatic carbocycles. The lowest BCUT2D eigenvalue weighted by molar-refractivity contribution is 0.315. The van der Waals surface area contributed by atoms with E-state index in [1.54, 1.807) is 0 Å². The first-order valence-corrected chi connectivity index (χ1v) is 6.31. The first kappa shape index (κ1) is 18.3. The van der Waals surface area contributed by atoms with Crippen LogP contribution in [0.3, 0.4) is 0 Å². The maximum absolute atomic E-state index is 12.4. The van der Waals surface area contributed by atoms with Gasteiger partial charge in [-0.25, -0.2) is 33.5 Å². The van der Waals surface area contributed by atoms with Crippen LogP contribution in [-0.4, -0.2) is 41.5 Å². The number of isocyanates is 2. The van der Waals surface area contributed by atoms with Crippen LogP contribution in [0.5, 0.6) is 0 Å². The van der Waals surface area contributed by atoms with Gasteiger partial charge < -0.3 is 4.42 Å². The summed E-state index contributed by atoms with van der Waals surface area (Å²) in [5.41, 5.74) is -3.64. The Balaban J connectivity index is 3.60. The van der Waals surface area contributed by atoms with Gasteiger partial charge in [-0.2, -0.15) is 0 Å². The van der Waals surface area contributed by atoms with Crippen LogP contribution < -0.4 is 17.2 Å². The third kappa shape index (κ3) is 4.15. The minimum absolute atomic E-state index is 0.502. The fraction of sp³-hybridized carbons (Fsp3) is 0.545. The SMILES string of the molecule is CC(C)([B]n1c(=O)oc(=O)n(C(C)(C)[B]N=C=O)c1=O)N=C=O. The Morgan fingerprint density at radius 1 is 1.04 bits per heavy atom. The van der Waals surface area contributed by atoms with Gasteiger partial charge in [-0.15, -0.1) is 0 Å². The molecule has 0 amide bonds. The van der Waals surface area contributed by atoms with Crippen molar-refractivity contribution >= 4 is 27.0 Å². The number of carbonyl (C=O) groups excluding carboxylic acids is 2. The minimum atomic E-state index is -1.36. The molecule has 1 aromatic rings. The molecular formula is C11H12B2N4O6. The third-order valence-corrected chi connectivity index (χ3v) is 2.74. The van der Waals surface area contributed by atoms with Gasteiger partial charge in [0, 0.05) is 5.44 Å². The molecule has 0 saturated carbocycles. The average Bonchev–Trinajstić information content (AvgIpc) is 2.40. The van der Waals surface area contributed by atoms with Crippen LogP contribution in [0.15, 0.2) is 28.7 Å². The molecule has 2 radical (unpaired) electrons. The fourth-order valence-corrected chi connectivity index (χ4v) is 1.73. The zero-order chi connectivity index (χ0) is 17.8. The minimum Gasteiger partial charge on any atom is -0.359 e. The standard InChI is InChI=1S/C11H12B2N4O6/c1-10(2,14-5-18)13-17-7(20)16(8(21)23-9(17)22)11(3,4)12-15-6-19/h1-4H3. The highest BCUT2D eigenvalue weighted by Gasteiger charge is 2.31. The summed E-state index contributed by atoms with van der Waals surface area (Å²) in [5.74, 6) is -2.45.